The van der Waals surface area contributed by atoms with Crippen LogP contribution in [0.4, 0.5) is 0 Å². The molecular weight excluding hydrogens is 513 g/mol. The summed E-state index contributed by atoms with van der Waals surface area (Å²) in [6.45, 7) is 8.59. The fourth-order valence-electron chi connectivity index (χ4n) is 3.69. The van der Waals surface area contributed by atoms with Crippen LogP contribution in [0.15, 0.2) is 29.3 Å². The van der Waals surface area contributed by atoms with E-state index in [0.717, 1.165) is 54.2 Å². The van der Waals surface area contributed by atoms with Crippen LogP contribution in [0.5, 0.6) is 0 Å². The molecule has 1 unspecified atom stereocenters. The van der Waals surface area contributed by atoms with Crippen LogP contribution >= 0.6 is 35.6 Å². The third kappa shape index (κ3) is 6.81. The number of hydrogen-bond donors (Lipinski definition) is 2. The number of aromatic nitrogens is 3. The summed E-state index contributed by atoms with van der Waals surface area (Å²) in [4.78, 5) is 7.28. The van der Waals surface area contributed by atoms with E-state index < -0.39 is 0 Å². The van der Waals surface area contributed by atoms with E-state index >= 15 is 0 Å². The number of guanidine groups is 1. The molecule has 2 N–H and O–H groups in total. The number of nitrogens with zero attached hydrogens (tertiary/aromatic N) is 5. The molecule has 9 heteroatoms. The lowest BCUT2D eigenvalue weighted by Gasteiger charge is -2.24. The molecule has 7 nitrogen and oxygen atoms in total. The largest absolute Gasteiger partial charge is 0.356 e. The van der Waals surface area contributed by atoms with Crippen molar-refractivity contribution in [1.82, 2.24) is 30.3 Å². The third-order valence-corrected chi connectivity index (χ3v) is 5.99. The second-order valence-electron chi connectivity index (χ2n) is 7.46. The highest BCUT2D eigenvalue weighted by Gasteiger charge is 2.22. The Hall–Kier alpha value is -1.39. The first-order valence-electron chi connectivity index (χ1n) is 10.4. The Morgan fingerprint density at radius 2 is 2.07 bits per heavy atom. The summed E-state index contributed by atoms with van der Waals surface area (Å²) in [5.41, 5.74) is 1.14. The van der Waals surface area contributed by atoms with Gasteiger partial charge in [-0.05, 0) is 50.9 Å². The third-order valence-electron chi connectivity index (χ3n) is 5.62. The normalized spacial score (nSPS) is 17.1. The second-order valence-corrected chi connectivity index (χ2v) is 7.87. The van der Waals surface area contributed by atoms with Gasteiger partial charge in [0.1, 0.15) is 12.4 Å². The summed E-state index contributed by atoms with van der Waals surface area (Å²) in [5.74, 6) is 2.55. The fourth-order valence-corrected chi connectivity index (χ4v) is 3.92. The van der Waals surface area contributed by atoms with Crippen LogP contribution in [0.25, 0.3) is 0 Å². The standard InChI is InChI=1S/C21H32ClN7.HI/c1-4-29-13-7-9-18(29)14-24-21(25-15-20-27-26-16(2)28(20)3)23-12-11-17-8-5-6-10-19(17)22;/h5-6,8,10,18H,4,7,9,11-15H2,1-3H3,(H2,23,24,25);1H. The molecule has 0 aliphatic carbocycles. The van der Waals surface area contributed by atoms with Crippen molar-refractivity contribution >= 4 is 41.5 Å². The van der Waals surface area contributed by atoms with Crippen molar-refractivity contribution in [2.75, 3.05) is 26.2 Å². The summed E-state index contributed by atoms with van der Waals surface area (Å²) < 4.78 is 1.97. The van der Waals surface area contributed by atoms with Gasteiger partial charge in [-0.2, -0.15) is 0 Å². The number of likely N-dealkylation sites (N-methyl/N-ethyl adjacent to an activating group) is 1. The summed E-state index contributed by atoms with van der Waals surface area (Å²) in [5, 5.41) is 16.1. The van der Waals surface area contributed by atoms with E-state index in [2.05, 4.69) is 38.7 Å². The minimum Gasteiger partial charge on any atom is -0.356 e. The first-order chi connectivity index (χ1) is 14.1. The van der Waals surface area contributed by atoms with Gasteiger partial charge in [0.2, 0.25) is 0 Å². The molecule has 1 aromatic carbocycles. The number of aliphatic imine (C=N–C) groups is 1. The van der Waals surface area contributed by atoms with Gasteiger partial charge in [-0.15, -0.1) is 34.2 Å². The van der Waals surface area contributed by atoms with E-state index in [9.17, 15) is 0 Å². The van der Waals surface area contributed by atoms with Gasteiger partial charge in [0.05, 0.1) is 0 Å². The monoisotopic (exact) mass is 545 g/mol. The second kappa shape index (κ2) is 12.5. The van der Waals surface area contributed by atoms with Gasteiger partial charge in [-0.3, -0.25) is 4.90 Å². The zero-order chi connectivity index (χ0) is 20.6. The van der Waals surface area contributed by atoms with Gasteiger partial charge in [0, 0.05) is 31.2 Å². The van der Waals surface area contributed by atoms with E-state index in [1.54, 1.807) is 0 Å². The molecule has 166 valence electrons. The van der Waals surface area contributed by atoms with Crippen molar-refractivity contribution in [3.8, 4) is 0 Å². The molecule has 2 heterocycles. The van der Waals surface area contributed by atoms with Crippen LogP contribution in [0.3, 0.4) is 0 Å². The van der Waals surface area contributed by atoms with E-state index in [1.807, 2.05) is 36.7 Å². The highest BCUT2D eigenvalue weighted by molar-refractivity contribution is 14.0. The fraction of sp³-hybridized carbons (Fsp3) is 0.571. The summed E-state index contributed by atoms with van der Waals surface area (Å²) in [6, 6.07) is 8.53. The number of hydrogen-bond acceptors (Lipinski definition) is 4. The van der Waals surface area contributed by atoms with Crippen molar-refractivity contribution in [1.29, 1.82) is 0 Å². The number of halogens is 2. The lowest BCUT2D eigenvalue weighted by molar-refractivity contribution is 0.267. The van der Waals surface area contributed by atoms with Crippen LogP contribution in [0, 0.1) is 6.92 Å². The lowest BCUT2D eigenvalue weighted by Crippen LogP contribution is -2.45. The van der Waals surface area contributed by atoms with Gasteiger partial charge < -0.3 is 15.2 Å². The predicted molar refractivity (Wildman–Crippen MR) is 134 cm³/mol. The van der Waals surface area contributed by atoms with E-state index in [-0.39, 0.29) is 24.0 Å². The average Bonchev–Trinajstić information content (AvgIpc) is 3.31. The molecule has 0 spiro atoms. The first-order valence-corrected chi connectivity index (χ1v) is 10.8. The molecule has 1 aromatic heterocycles. The molecular formula is C21H33ClIN7. The molecule has 0 amide bonds. The maximum atomic E-state index is 6.28. The minimum atomic E-state index is 0. The Bertz CT molecular complexity index is 823. The Morgan fingerprint density at radius 3 is 2.77 bits per heavy atom. The van der Waals surface area contributed by atoms with E-state index in [1.165, 1.54) is 19.4 Å². The summed E-state index contributed by atoms with van der Waals surface area (Å²) >= 11 is 6.28. The smallest absolute Gasteiger partial charge is 0.191 e. The van der Waals surface area contributed by atoms with Crippen LogP contribution in [-0.2, 0) is 20.0 Å². The quantitative estimate of drug-likeness (QED) is 0.303. The van der Waals surface area contributed by atoms with Gasteiger partial charge in [0.15, 0.2) is 11.8 Å². The zero-order valence-electron chi connectivity index (χ0n) is 18.1. The van der Waals surface area contributed by atoms with Crippen LogP contribution < -0.4 is 10.6 Å². The molecule has 0 saturated carbocycles. The van der Waals surface area contributed by atoms with Crippen LogP contribution in [0.1, 0.15) is 37.0 Å². The molecule has 1 saturated heterocycles. The maximum Gasteiger partial charge on any atom is 0.191 e. The van der Waals surface area contributed by atoms with Crippen LogP contribution in [-0.4, -0.2) is 57.8 Å². The number of nitrogens with one attached hydrogen (secondary N) is 2. The molecule has 2 aromatic rings. The Kier molecular flexibility index (Phi) is 10.3. The Balaban J connectivity index is 0.00000320. The highest BCUT2D eigenvalue weighted by atomic mass is 127. The van der Waals surface area contributed by atoms with Gasteiger partial charge in [0.25, 0.3) is 0 Å². The van der Waals surface area contributed by atoms with E-state index in [4.69, 9.17) is 16.6 Å². The maximum absolute atomic E-state index is 6.28. The van der Waals surface area contributed by atoms with E-state index in [0.29, 0.717) is 12.6 Å². The summed E-state index contributed by atoms with van der Waals surface area (Å²) in [6.07, 6.45) is 3.34. The molecule has 1 fully saturated rings. The Morgan fingerprint density at radius 1 is 1.27 bits per heavy atom. The molecule has 30 heavy (non-hydrogen) atoms. The summed E-state index contributed by atoms with van der Waals surface area (Å²) in [7, 11) is 1.97. The number of likely N-dealkylation sites (tertiary alicyclic amines) is 1. The van der Waals surface area contributed by atoms with Gasteiger partial charge in [-0.1, -0.05) is 36.7 Å². The first kappa shape index (κ1) is 24.9. The van der Waals surface area contributed by atoms with Gasteiger partial charge in [-0.25, -0.2) is 4.99 Å². The van der Waals surface area contributed by atoms with Crippen molar-refractivity contribution in [3.63, 3.8) is 0 Å². The lowest BCUT2D eigenvalue weighted by atomic mass is 10.1. The topological polar surface area (TPSA) is 70.4 Å². The molecule has 3 rings (SSSR count). The Labute approximate surface area is 201 Å². The average molecular weight is 546 g/mol. The molecule has 1 aliphatic rings. The van der Waals surface area contributed by atoms with Crippen molar-refractivity contribution in [2.24, 2.45) is 12.0 Å². The van der Waals surface area contributed by atoms with Gasteiger partial charge >= 0.3 is 0 Å². The zero-order valence-corrected chi connectivity index (χ0v) is 21.2. The highest BCUT2D eigenvalue weighted by Crippen LogP contribution is 2.16. The number of rotatable bonds is 8. The molecule has 0 radical (unpaired) electrons. The van der Waals surface area contributed by atoms with Crippen molar-refractivity contribution in [2.45, 2.75) is 45.7 Å². The number of benzene rings is 1. The molecule has 1 atom stereocenters. The minimum absolute atomic E-state index is 0. The predicted octanol–water partition coefficient (Wildman–Crippen LogP) is 3.16. The number of aryl methyl sites for hydroxylation is 1. The van der Waals surface area contributed by atoms with Crippen molar-refractivity contribution in [3.05, 3.63) is 46.5 Å². The SMILES string of the molecule is CCN1CCCC1CNC(=NCc1nnc(C)n1C)NCCc1ccccc1Cl.I. The molecule has 0 bridgehead atoms. The van der Waals surface area contributed by atoms with Crippen LogP contribution in [0.2, 0.25) is 5.02 Å². The van der Waals surface area contributed by atoms with Crippen molar-refractivity contribution < 1.29 is 0 Å². The molecule has 1 aliphatic heterocycles.